The standard InChI is InChI=1S/C20H16Cl2N4O2/c21-12-6-7-14(22)13(9-12)17-16(19(23)26-20(24)25-17)18-15(27-10-28-18)8-11-4-2-1-3-5-11/h1-7,9H,8,10H2,(H4,23,24,25,26). The number of halogens is 2. The summed E-state index contributed by atoms with van der Waals surface area (Å²) in [7, 11) is 0. The topological polar surface area (TPSA) is 96.3 Å². The summed E-state index contributed by atoms with van der Waals surface area (Å²) in [5, 5.41) is 0.954. The largest absolute Gasteiger partial charge is 0.458 e. The molecule has 4 rings (SSSR count). The number of rotatable bonds is 4. The monoisotopic (exact) mass is 414 g/mol. The van der Waals surface area contributed by atoms with E-state index in [1.807, 2.05) is 30.3 Å². The fourth-order valence-electron chi connectivity index (χ4n) is 3.02. The Morgan fingerprint density at radius 3 is 2.54 bits per heavy atom. The number of ether oxygens (including phenoxy) is 2. The van der Waals surface area contributed by atoms with Crippen LogP contribution < -0.4 is 11.5 Å². The summed E-state index contributed by atoms with van der Waals surface area (Å²) in [6, 6.07) is 15.0. The molecule has 0 saturated heterocycles. The second kappa shape index (κ2) is 7.58. The number of nitrogen functional groups attached to an aromatic ring is 2. The Morgan fingerprint density at radius 2 is 1.75 bits per heavy atom. The SMILES string of the molecule is Nc1nc(N)c(C2=C(Cc3ccccc3)OCO2)c(-c2cc(Cl)ccc2Cl)n1. The van der Waals surface area contributed by atoms with Crippen LogP contribution in [0.2, 0.25) is 10.0 Å². The molecular formula is C20H16Cl2N4O2. The van der Waals surface area contributed by atoms with Crippen LogP contribution in [0.15, 0.2) is 54.3 Å². The Balaban J connectivity index is 1.89. The molecule has 28 heavy (non-hydrogen) atoms. The lowest BCUT2D eigenvalue weighted by Crippen LogP contribution is -2.08. The van der Waals surface area contributed by atoms with Crippen molar-refractivity contribution in [3.05, 3.63) is 75.5 Å². The van der Waals surface area contributed by atoms with Gasteiger partial charge in [-0.1, -0.05) is 53.5 Å². The van der Waals surface area contributed by atoms with Crippen molar-refractivity contribution in [1.29, 1.82) is 0 Å². The van der Waals surface area contributed by atoms with Gasteiger partial charge in [0.2, 0.25) is 12.7 Å². The van der Waals surface area contributed by atoms with Crippen molar-refractivity contribution < 1.29 is 9.47 Å². The van der Waals surface area contributed by atoms with E-state index in [1.54, 1.807) is 18.2 Å². The number of allylic oxidation sites excluding steroid dienone is 1. The quantitative estimate of drug-likeness (QED) is 0.650. The maximum absolute atomic E-state index is 6.39. The summed E-state index contributed by atoms with van der Waals surface area (Å²) in [5.74, 6) is 1.29. The predicted molar refractivity (Wildman–Crippen MR) is 110 cm³/mol. The second-order valence-corrected chi connectivity index (χ2v) is 6.98. The predicted octanol–water partition coefficient (Wildman–Crippen LogP) is 4.53. The molecule has 0 fully saturated rings. The van der Waals surface area contributed by atoms with Crippen LogP contribution in [0.1, 0.15) is 11.1 Å². The summed E-state index contributed by atoms with van der Waals surface area (Å²) >= 11 is 12.6. The fourth-order valence-corrected chi connectivity index (χ4v) is 3.40. The molecule has 0 unspecified atom stereocenters. The molecule has 0 saturated carbocycles. The van der Waals surface area contributed by atoms with Crippen molar-refractivity contribution in [2.75, 3.05) is 18.3 Å². The molecule has 0 aliphatic carbocycles. The second-order valence-electron chi connectivity index (χ2n) is 6.14. The zero-order valence-corrected chi connectivity index (χ0v) is 16.2. The maximum Gasteiger partial charge on any atom is 0.230 e. The van der Waals surface area contributed by atoms with Gasteiger partial charge in [0, 0.05) is 17.0 Å². The molecule has 6 nitrogen and oxygen atoms in total. The Hall–Kier alpha value is -2.96. The van der Waals surface area contributed by atoms with E-state index in [0.29, 0.717) is 44.8 Å². The van der Waals surface area contributed by atoms with Crippen molar-refractivity contribution in [3.8, 4) is 11.3 Å². The molecule has 0 spiro atoms. The van der Waals surface area contributed by atoms with Crippen molar-refractivity contribution >= 4 is 40.7 Å². The van der Waals surface area contributed by atoms with Crippen LogP contribution in [-0.2, 0) is 15.9 Å². The van der Waals surface area contributed by atoms with E-state index < -0.39 is 0 Å². The van der Waals surface area contributed by atoms with Gasteiger partial charge in [0.05, 0.1) is 16.3 Å². The first-order valence-corrected chi connectivity index (χ1v) is 9.20. The van der Waals surface area contributed by atoms with Crippen LogP contribution in [0.4, 0.5) is 11.8 Å². The maximum atomic E-state index is 6.39. The third-order valence-corrected chi connectivity index (χ3v) is 4.83. The van der Waals surface area contributed by atoms with Crippen molar-refractivity contribution in [1.82, 2.24) is 9.97 Å². The molecule has 0 amide bonds. The molecule has 8 heteroatoms. The molecule has 2 aromatic carbocycles. The lowest BCUT2D eigenvalue weighted by Gasteiger charge is -2.14. The lowest BCUT2D eigenvalue weighted by molar-refractivity contribution is 0.0857. The molecule has 142 valence electrons. The number of nitrogens with zero attached hydrogens (tertiary/aromatic N) is 2. The molecule has 4 N–H and O–H groups in total. The van der Waals surface area contributed by atoms with Gasteiger partial charge in [0.25, 0.3) is 0 Å². The lowest BCUT2D eigenvalue weighted by atomic mass is 10.0. The summed E-state index contributed by atoms with van der Waals surface area (Å²) < 4.78 is 11.5. The number of nitrogens with two attached hydrogens (primary N) is 2. The van der Waals surface area contributed by atoms with Crippen LogP contribution in [0.25, 0.3) is 17.0 Å². The first-order chi connectivity index (χ1) is 13.5. The van der Waals surface area contributed by atoms with E-state index in [1.165, 1.54) is 0 Å². The molecule has 1 aliphatic heterocycles. The minimum absolute atomic E-state index is 0.0245. The van der Waals surface area contributed by atoms with Crippen LogP contribution in [0.5, 0.6) is 0 Å². The molecule has 0 bridgehead atoms. The minimum Gasteiger partial charge on any atom is -0.458 e. The van der Waals surface area contributed by atoms with Gasteiger partial charge in [-0.05, 0) is 23.8 Å². The van der Waals surface area contributed by atoms with Crippen LogP contribution in [0, 0.1) is 0 Å². The summed E-state index contributed by atoms with van der Waals surface area (Å²) in [6.07, 6.45) is 0.530. The highest BCUT2D eigenvalue weighted by atomic mass is 35.5. The zero-order valence-electron chi connectivity index (χ0n) is 14.7. The summed E-state index contributed by atoms with van der Waals surface area (Å²) in [5.41, 5.74) is 14.6. The number of anilines is 2. The molecule has 1 aliphatic rings. The van der Waals surface area contributed by atoms with Crippen molar-refractivity contribution in [2.24, 2.45) is 0 Å². The average Bonchev–Trinajstić information content (AvgIpc) is 3.11. The van der Waals surface area contributed by atoms with Gasteiger partial charge in [-0.2, -0.15) is 4.98 Å². The highest BCUT2D eigenvalue weighted by Crippen LogP contribution is 2.40. The fraction of sp³-hybridized carbons (Fsp3) is 0.100. The van der Waals surface area contributed by atoms with Crippen LogP contribution in [-0.4, -0.2) is 16.8 Å². The van der Waals surface area contributed by atoms with Gasteiger partial charge in [-0.15, -0.1) is 0 Å². The molecule has 0 atom stereocenters. The average molecular weight is 415 g/mol. The Morgan fingerprint density at radius 1 is 0.964 bits per heavy atom. The first-order valence-electron chi connectivity index (χ1n) is 8.44. The van der Waals surface area contributed by atoms with E-state index in [-0.39, 0.29) is 18.6 Å². The van der Waals surface area contributed by atoms with Gasteiger partial charge in [0.1, 0.15) is 11.6 Å². The molecule has 0 radical (unpaired) electrons. The number of hydrogen-bond donors (Lipinski definition) is 2. The molecule has 2 heterocycles. The Kier molecular flexibility index (Phi) is 4.98. The number of aromatic nitrogens is 2. The molecule has 1 aromatic heterocycles. The summed E-state index contributed by atoms with van der Waals surface area (Å²) in [6.45, 7) is 0.0734. The first kappa shape index (κ1) is 18.4. The van der Waals surface area contributed by atoms with E-state index in [9.17, 15) is 0 Å². The molecule has 3 aromatic rings. The number of hydrogen-bond acceptors (Lipinski definition) is 6. The highest BCUT2D eigenvalue weighted by Gasteiger charge is 2.27. The highest BCUT2D eigenvalue weighted by molar-refractivity contribution is 6.35. The van der Waals surface area contributed by atoms with Gasteiger partial charge in [0.15, 0.2) is 5.76 Å². The summed E-state index contributed by atoms with van der Waals surface area (Å²) in [4.78, 5) is 8.46. The van der Waals surface area contributed by atoms with Gasteiger partial charge in [-0.3, -0.25) is 0 Å². The van der Waals surface area contributed by atoms with Gasteiger partial charge in [-0.25, -0.2) is 4.98 Å². The minimum atomic E-state index is 0.0245. The number of benzene rings is 2. The normalized spacial score (nSPS) is 13.4. The third-order valence-electron chi connectivity index (χ3n) is 4.26. The van der Waals surface area contributed by atoms with Gasteiger partial charge < -0.3 is 20.9 Å². The van der Waals surface area contributed by atoms with E-state index in [4.69, 9.17) is 44.1 Å². The van der Waals surface area contributed by atoms with Crippen LogP contribution in [0.3, 0.4) is 0 Å². The van der Waals surface area contributed by atoms with E-state index in [0.717, 1.165) is 5.56 Å². The van der Waals surface area contributed by atoms with Crippen LogP contribution >= 0.6 is 23.2 Å². The van der Waals surface area contributed by atoms with Crippen molar-refractivity contribution in [3.63, 3.8) is 0 Å². The van der Waals surface area contributed by atoms with E-state index in [2.05, 4.69) is 9.97 Å². The Labute approximate surface area is 171 Å². The molecular weight excluding hydrogens is 399 g/mol. The zero-order chi connectivity index (χ0) is 19.7. The smallest absolute Gasteiger partial charge is 0.230 e. The third kappa shape index (κ3) is 3.56. The van der Waals surface area contributed by atoms with Crippen molar-refractivity contribution in [2.45, 2.75) is 6.42 Å². The van der Waals surface area contributed by atoms with Gasteiger partial charge >= 0.3 is 0 Å². The van der Waals surface area contributed by atoms with E-state index >= 15 is 0 Å². The Bertz CT molecular complexity index is 1070.